The number of hydrogen-bond acceptors (Lipinski definition) is 6. The summed E-state index contributed by atoms with van der Waals surface area (Å²) in [5.41, 5.74) is 1.46. The molecule has 0 saturated heterocycles. The van der Waals surface area contributed by atoms with Gasteiger partial charge in [-0.3, -0.25) is 0 Å². The maximum absolute atomic E-state index is 12.3. The van der Waals surface area contributed by atoms with Crippen molar-refractivity contribution >= 4 is 35.2 Å². The fourth-order valence-electron chi connectivity index (χ4n) is 2.99. The minimum Gasteiger partial charge on any atom is -0.497 e. The van der Waals surface area contributed by atoms with E-state index in [1.807, 2.05) is 0 Å². The van der Waals surface area contributed by atoms with Gasteiger partial charge in [0.25, 0.3) is 0 Å². The highest BCUT2D eigenvalue weighted by Gasteiger charge is 2.15. The summed E-state index contributed by atoms with van der Waals surface area (Å²) >= 11 is 0. The second-order valence-corrected chi connectivity index (χ2v) is 6.61. The van der Waals surface area contributed by atoms with E-state index in [2.05, 4.69) is 0 Å². The third-order valence-corrected chi connectivity index (χ3v) is 4.66. The molecule has 0 unspecified atom stereocenters. The highest BCUT2D eigenvalue weighted by Crippen LogP contribution is 2.26. The molecule has 0 radical (unpaired) electrons. The smallest absolute Gasteiger partial charge is 0.338 e. The third-order valence-electron chi connectivity index (χ3n) is 4.66. The summed E-state index contributed by atoms with van der Waals surface area (Å²) in [6, 6.07) is 16.9. The monoisotopic (exact) mass is 434 g/mol. The van der Waals surface area contributed by atoms with Crippen LogP contribution < -0.4 is 9.47 Å². The first kappa shape index (κ1) is 22.4. The zero-order chi connectivity index (χ0) is 23.1. The Balaban J connectivity index is 1.95. The molecule has 0 aliphatic rings. The molecule has 7 heteroatoms. The van der Waals surface area contributed by atoms with E-state index >= 15 is 0 Å². The molecule has 0 spiro atoms. The molecule has 0 aliphatic heterocycles. The number of hydrogen-bond donors (Lipinski definition) is 1. The summed E-state index contributed by atoms with van der Waals surface area (Å²) in [7, 11) is 4.39. The van der Waals surface area contributed by atoms with E-state index in [4.69, 9.17) is 18.6 Å². The molecule has 1 aromatic heterocycles. The van der Waals surface area contributed by atoms with E-state index in [9.17, 15) is 14.7 Å². The summed E-state index contributed by atoms with van der Waals surface area (Å²) in [4.78, 5) is 24.1. The Bertz CT molecular complexity index is 1150. The molecule has 3 aromatic rings. The van der Waals surface area contributed by atoms with E-state index in [-0.39, 0.29) is 11.1 Å². The first-order valence-corrected chi connectivity index (χ1v) is 9.59. The van der Waals surface area contributed by atoms with E-state index in [0.717, 1.165) is 0 Å². The van der Waals surface area contributed by atoms with Crippen molar-refractivity contribution in [2.45, 2.75) is 0 Å². The lowest BCUT2D eigenvalue weighted by molar-refractivity contribution is -0.133. The van der Waals surface area contributed by atoms with Gasteiger partial charge in [-0.1, -0.05) is 24.3 Å². The van der Waals surface area contributed by atoms with Gasteiger partial charge in [0, 0.05) is 0 Å². The van der Waals surface area contributed by atoms with Crippen LogP contribution in [0.15, 0.2) is 65.1 Å². The molecule has 1 N–H and O–H groups in total. The van der Waals surface area contributed by atoms with Crippen LogP contribution in [0.1, 0.15) is 22.6 Å². The first-order chi connectivity index (χ1) is 15.4. The number of ether oxygens (including phenoxy) is 3. The van der Waals surface area contributed by atoms with Gasteiger partial charge in [0.05, 0.1) is 32.5 Å². The Morgan fingerprint density at radius 3 is 1.56 bits per heavy atom. The lowest BCUT2D eigenvalue weighted by Gasteiger charge is -2.06. The average Bonchev–Trinajstić information content (AvgIpc) is 3.27. The van der Waals surface area contributed by atoms with Crippen molar-refractivity contribution in [2.24, 2.45) is 0 Å². The zero-order valence-corrected chi connectivity index (χ0v) is 17.8. The van der Waals surface area contributed by atoms with Crippen LogP contribution in [0.5, 0.6) is 11.5 Å². The lowest BCUT2D eigenvalue weighted by Crippen LogP contribution is -2.03. The molecule has 0 aliphatic carbocycles. The summed E-state index contributed by atoms with van der Waals surface area (Å²) in [5, 5.41) is 9.64. The average molecular weight is 434 g/mol. The Morgan fingerprint density at radius 1 is 0.719 bits per heavy atom. The predicted octanol–water partition coefficient (Wildman–Crippen LogP) is 4.64. The van der Waals surface area contributed by atoms with Crippen LogP contribution in [0.3, 0.4) is 0 Å². The fourth-order valence-corrected chi connectivity index (χ4v) is 2.99. The Hall–Kier alpha value is -4.26. The number of carboxylic acids is 1. The maximum Gasteiger partial charge on any atom is 0.338 e. The summed E-state index contributed by atoms with van der Waals surface area (Å²) in [5.74, 6) is 0.335. The first-order valence-electron chi connectivity index (χ1n) is 9.59. The molecule has 0 saturated carbocycles. The van der Waals surface area contributed by atoms with Crippen molar-refractivity contribution in [1.82, 2.24) is 0 Å². The van der Waals surface area contributed by atoms with Crippen molar-refractivity contribution in [3.05, 3.63) is 83.3 Å². The number of rotatable bonds is 8. The Labute approximate surface area is 185 Å². The SMILES string of the molecule is COC(=O)C(=Cc1ccc(C=C(C(=O)O)c2ccc(OC)cc2)o1)c1ccc(OC)cc1. The molecule has 2 aromatic carbocycles. The van der Waals surface area contributed by atoms with Crippen molar-refractivity contribution in [3.8, 4) is 11.5 Å². The molecule has 0 bridgehead atoms. The van der Waals surface area contributed by atoms with Crippen LogP contribution in [0.4, 0.5) is 0 Å². The van der Waals surface area contributed by atoms with Crippen molar-refractivity contribution in [3.63, 3.8) is 0 Å². The van der Waals surface area contributed by atoms with Gasteiger partial charge in [0.15, 0.2) is 0 Å². The quantitative estimate of drug-likeness (QED) is 0.408. The highest BCUT2D eigenvalue weighted by atomic mass is 16.5. The highest BCUT2D eigenvalue weighted by molar-refractivity contribution is 6.21. The topological polar surface area (TPSA) is 95.2 Å². The van der Waals surface area contributed by atoms with Gasteiger partial charge in [-0.25, -0.2) is 9.59 Å². The number of benzene rings is 2. The number of furan rings is 1. The van der Waals surface area contributed by atoms with Crippen LogP contribution in [-0.2, 0) is 14.3 Å². The van der Waals surface area contributed by atoms with Crippen molar-refractivity contribution < 1.29 is 33.3 Å². The Morgan fingerprint density at radius 2 is 1.16 bits per heavy atom. The van der Waals surface area contributed by atoms with Crippen molar-refractivity contribution in [2.75, 3.05) is 21.3 Å². The number of carbonyl (C=O) groups is 2. The molecule has 32 heavy (non-hydrogen) atoms. The largest absolute Gasteiger partial charge is 0.497 e. The lowest BCUT2D eigenvalue weighted by atomic mass is 10.0. The summed E-state index contributed by atoms with van der Waals surface area (Å²) in [6.07, 6.45) is 2.96. The zero-order valence-electron chi connectivity index (χ0n) is 17.8. The number of methoxy groups -OCH3 is 3. The molecule has 0 fully saturated rings. The number of aliphatic carboxylic acids is 1. The third kappa shape index (κ3) is 5.26. The van der Waals surface area contributed by atoms with Gasteiger partial charge in [-0.2, -0.15) is 0 Å². The van der Waals surface area contributed by atoms with Gasteiger partial charge in [0.2, 0.25) is 0 Å². The fraction of sp³-hybridized carbons (Fsp3) is 0.120. The predicted molar refractivity (Wildman–Crippen MR) is 120 cm³/mol. The molecular weight excluding hydrogens is 412 g/mol. The van der Waals surface area contributed by atoms with E-state index in [1.165, 1.54) is 20.3 Å². The number of carboxylic acid groups (broad SMARTS) is 1. The minimum absolute atomic E-state index is 0.0564. The van der Waals surface area contributed by atoms with Gasteiger partial charge in [-0.15, -0.1) is 0 Å². The maximum atomic E-state index is 12.3. The van der Waals surface area contributed by atoms with Crippen molar-refractivity contribution in [1.29, 1.82) is 0 Å². The van der Waals surface area contributed by atoms with Crippen LogP contribution in [0.2, 0.25) is 0 Å². The van der Waals surface area contributed by atoms with Gasteiger partial charge in [0.1, 0.15) is 23.0 Å². The molecule has 164 valence electrons. The number of esters is 1. The molecule has 1 heterocycles. The second kappa shape index (κ2) is 10.2. The standard InChI is InChI=1S/C25H22O7/c1-29-18-8-4-16(5-9-18)22(24(26)27)14-20-12-13-21(32-20)15-23(25(28)31-3)17-6-10-19(30-2)11-7-17/h4-15H,1-3H3,(H,26,27). The van der Waals surface area contributed by atoms with Gasteiger partial charge >= 0.3 is 11.9 Å². The summed E-state index contributed by atoms with van der Waals surface area (Å²) < 4.78 is 20.9. The Kier molecular flexibility index (Phi) is 7.13. The molecule has 0 atom stereocenters. The van der Waals surface area contributed by atoms with E-state index < -0.39 is 11.9 Å². The second-order valence-electron chi connectivity index (χ2n) is 6.61. The van der Waals surface area contributed by atoms with Crippen LogP contribution in [0, 0.1) is 0 Å². The van der Waals surface area contributed by atoms with E-state index in [1.54, 1.807) is 73.8 Å². The van der Waals surface area contributed by atoms with Gasteiger partial charge < -0.3 is 23.7 Å². The van der Waals surface area contributed by atoms with Gasteiger partial charge in [-0.05, 0) is 59.7 Å². The molecule has 0 amide bonds. The van der Waals surface area contributed by atoms with Crippen LogP contribution >= 0.6 is 0 Å². The van der Waals surface area contributed by atoms with Crippen LogP contribution in [0.25, 0.3) is 23.3 Å². The van der Waals surface area contributed by atoms with E-state index in [0.29, 0.717) is 34.1 Å². The molecule has 7 nitrogen and oxygen atoms in total. The van der Waals surface area contributed by atoms with Crippen LogP contribution in [-0.4, -0.2) is 38.4 Å². The summed E-state index contributed by atoms with van der Waals surface area (Å²) in [6.45, 7) is 0. The number of carbonyl (C=O) groups excluding carboxylic acids is 1. The normalized spacial score (nSPS) is 11.7. The molecule has 3 rings (SSSR count). The molecular formula is C25H22O7. The minimum atomic E-state index is -1.10.